The van der Waals surface area contributed by atoms with E-state index in [1.165, 1.54) is 11.6 Å². The summed E-state index contributed by atoms with van der Waals surface area (Å²) in [6.45, 7) is 4.36. The summed E-state index contributed by atoms with van der Waals surface area (Å²) in [6, 6.07) is 13.0. The Morgan fingerprint density at radius 3 is 2.30 bits per heavy atom. The summed E-state index contributed by atoms with van der Waals surface area (Å²) in [5.41, 5.74) is 2.70. The Morgan fingerprint density at radius 1 is 1.10 bits per heavy atom. The van der Waals surface area contributed by atoms with Crippen LogP contribution in [0.2, 0.25) is 0 Å². The van der Waals surface area contributed by atoms with Gasteiger partial charge in [-0.05, 0) is 41.7 Å². The molecule has 0 saturated heterocycles. The number of halogens is 3. The zero-order valence-corrected chi connectivity index (χ0v) is 13.9. The average molecular weight is 356 g/mol. The van der Waals surface area contributed by atoms with Crippen LogP contribution in [-0.2, 0) is 0 Å². The Labute approximate surface area is 133 Å². The van der Waals surface area contributed by atoms with Gasteiger partial charge in [0, 0.05) is 10.0 Å². The molecule has 20 heavy (non-hydrogen) atoms. The third-order valence-corrected chi connectivity index (χ3v) is 4.62. The molecule has 2 unspecified atom stereocenters. The lowest BCUT2D eigenvalue weighted by atomic mass is 9.96. The van der Waals surface area contributed by atoms with E-state index in [0.29, 0.717) is 11.5 Å². The Kier molecular flexibility index (Phi) is 5.22. The molecular formula is C17H17BrClF. The van der Waals surface area contributed by atoms with Crippen LogP contribution >= 0.6 is 27.5 Å². The minimum atomic E-state index is -0.474. The van der Waals surface area contributed by atoms with E-state index in [9.17, 15) is 4.39 Å². The van der Waals surface area contributed by atoms with Crippen molar-refractivity contribution < 1.29 is 4.39 Å². The molecule has 0 bridgehead atoms. The highest BCUT2D eigenvalue weighted by Crippen LogP contribution is 2.33. The zero-order valence-electron chi connectivity index (χ0n) is 11.5. The molecule has 3 heteroatoms. The summed E-state index contributed by atoms with van der Waals surface area (Å²) in [5.74, 6) is 0.250. The molecular weight excluding hydrogens is 339 g/mol. The molecule has 2 aromatic rings. The molecule has 0 heterocycles. The minimum Gasteiger partial charge on any atom is -0.207 e. The van der Waals surface area contributed by atoms with Crippen molar-refractivity contribution in [1.82, 2.24) is 0 Å². The topological polar surface area (TPSA) is 0 Å². The molecule has 0 N–H and O–H groups in total. The van der Waals surface area contributed by atoms with Gasteiger partial charge in [0.25, 0.3) is 0 Å². The van der Waals surface area contributed by atoms with Gasteiger partial charge < -0.3 is 0 Å². The van der Waals surface area contributed by atoms with E-state index < -0.39 is 5.38 Å². The van der Waals surface area contributed by atoms with Crippen molar-refractivity contribution in [3.63, 3.8) is 0 Å². The number of rotatable bonds is 4. The van der Waals surface area contributed by atoms with Gasteiger partial charge >= 0.3 is 0 Å². The van der Waals surface area contributed by atoms with Crippen LogP contribution in [0.4, 0.5) is 4.39 Å². The van der Waals surface area contributed by atoms with Gasteiger partial charge in [-0.25, -0.2) is 4.39 Å². The molecule has 2 atom stereocenters. The average Bonchev–Trinajstić information content (AvgIpc) is 2.48. The third-order valence-electron chi connectivity index (χ3n) is 3.64. The first-order valence-electron chi connectivity index (χ1n) is 6.71. The zero-order chi connectivity index (χ0) is 14.7. The molecule has 2 rings (SSSR count). The van der Waals surface area contributed by atoms with Gasteiger partial charge in [0.15, 0.2) is 0 Å². The maximum absolute atomic E-state index is 13.9. The number of alkyl halides is 1. The molecule has 0 fully saturated rings. The maximum Gasteiger partial charge on any atom is 0.128 e. The molecule has 0 saturated carbocycles. The smallest absolute Gasteiger partial charge is 0.128 e. The van der Waals surface area contributed by atoms with Crippen molar-refractivity contribution in [2.45, 2.75) is 31.6 Å². The van der Waals surface area contributed by atoms with Gasteiger partial charge in [-0.1, -0.05) is 54.0 Å². The molecule has 0 aliphatic heterocycles. The van der Waals surface area contributed by atoms with Gasteiger partial charge in [-0.2, -0.15) is 0 Å². The van der Waals surface area contributed by atoms with Gasteiger partial charge in [0.1, 0.15) is 5.82 Å². The lowest BCUT2D eigenvalue weighted by Gasteiger charge is -2.14. The van der Waals surface area contributed by atoms with Gasteiger partial charge in [0.2, 0.25) is 0 Å². The van der Waals surface area contributed by atoms with Crippen LogP contribution in [0.5, 0.6) is 0 Å². The van der Waals surface area contributed by atoms with Crippen molar-refractivity contribution in [2.75, 3.05) is 0 Å². The van der Waals surface area contributed by atoms with E-state index in [1.807, 2.05) is 12.1 Å². The van der Waals surface area contributed by atoms with E-state index in [1.54, 1.807) is 12.1 Å². The number of hydrogen-bond donors (Lipinski definition) is 0. The first-order valence-corrected chi connectivity index (χ1v) is 7.94. The Bertz CT molecular complexity index is 580. The van der Waals surface area contributed by atoms with Crippen LogP contribution < -0.4 is 0 Å². The first kappa shape index (κ1) is 15.5. The fourth-order valence-electron chi connectivity index (χ4n) is 2.12. The standard InChI is InChI=1S/C17H17BrClF/c1-3-11(2)12-4-6-13(7-5-12)17(19)15-10-14(18)8-9-16(15)20/h4-11,17H,3H2,1-2H3. The second-order valence-corrected chi connectivity index (χ2v) is 6.36. The molecule has 0 aliphatic carbocycles. The van der Waals surface area contributed by atoms with Crippen LogP contribution in [-0.4, -0.2) is 0 Å². The summed E-state index contributed by atoms with van der Waals surface area (Å²) in [6.07, 6.45) is 1.10. The fourth-order valence-corrected chi connectivity index (χ4v) is 2.81. The molecule has 0 amide bonds. The molecule has 0 aromatic heterocycles. The summed E-state index contributed by atoms with van der Waals surface area (Å²) in [5, 5.41) is -0.474. The quantitative estimate of drug-likeness (QED) is 0.554. The molecule has 0 radical (unpaired) electrons. The summed E-state index contributed by atoms with van der Waals surface area (Å²) in [4.78, 5) is 0. The molecule has 2 aromatic carbocycles. The summed E-state index contributed by atoms with van der Waals surface area (Å²) in [7, 11) is 0. The van der Waals surface area contributed by atoms with E-state index in [0.717, 1.165) is 16.5 Å². The number of hydrogen-bond acceptors (Lipinski definition) is 0. The highest BCUT2D eigenvalue weighted by atomic mass is 79.9. The summed E-state index contributed by atoms with van der Waals surface area (Å²) >= 11 is 9.77. The molecule has 0 spiro atoms. The van der Waals surface area contributed by atoms with E-state index in [-0.39, 0.29) is 5.82 Å². The molecule has 0 nitrogen and oxygen atoms in total. The lowest BCUT2D eigenvalue weighted by molar-refractivity contribution is 0.612. The Balaban J connectivity index is 2.29. The normalized spacial score (nSPS) is 14.1. The largest absolute Gasteiger partial charge is 0.207 e. The molecule has 0 aliphatic rings. The maximum atomic E-state index is 13.9. The third kappa shape index (κ3) is 3.42. The van der Waals surface area contributed by atoms with Crippen molar-refractivity contribution in [1.29, 1.82) is 0 Å². The lowest BCUT2D eigenvalue weighted by Crippen LogP contribution is -1.98. The second kappa shape index (κ2) is 6.73. The minimum absolute atomic E-state index is 0.279. The van der Waals surface area contributed by atoms with E-state index in [4.69, 9.17) is 11.6 Å². The van der Waals surface area contributed by atoms with Crippen LogP contribution in [0.15, 0.2) is 46.9 Å². The highest BCUT2D eigenvalue weighted by Gasteiger charge is 2.16. The van der Waals surface area contributed by atoms with Crippen LogP contribution in [0, 0.1) is 5.82 Å². The van der Waals surface area contributed by atoms with E-state index in [2.05, 4.69) is 41.9 Å². The van der Waals surface area contributed by atoms with Gasteiger partial charge in [0.05, 0.1) is 5.38 Å². The van der Waals surface area contributed by atoms with Crippen LogP contribution in [0.1, 0.15) is 48.3 Å². The monoisotopic (exact) mass is 354 g/mol. The SMILES string of the molecule is CCC(C)c1ccc(C(Cl)c2cc(Br)ccc2F)cc1. The first-order chi connectivity index (χ1) is 9.52. The highest BCUT2D eigenvalue weighted by molar-refractivity contribution is 9.10. The second-order valence-electron chi connectivity index (χ2n) is 5.00. The van der Waals surface area contributed by atoms with Gasteiger partial charge in [-0.15, -0.1) is 11.6 Å². The van der Waals surface area contributed by atoms with Crippen LogP contribution in [0.3, 0.4) is 0 Å². The fraction of sp³-hybridized carbons (Fsp3) is 0.294. The van der Waals surface area contributed by atoms with Crippen molar-refractivity contribution in [2.24, 2.45) is 0 Å². The van der Waals surface area contributed by atoms with Gasteiger partial charge in [-0.3, -0.25) is 0 Å². The van der Waals surface area contributed by atoms with E-state index >= 15 is 0 Å². The van der Waals surface area contributed by atoms with Crippen molar-refractivity contribution in [3.05, 3.63) is 69.4 Å². The van der Waals surface area contributed by atoms with Crippen molar-refractivity contribution in [3.8, 4) is 0 Å². The van der Waals surface area contributed by atoms with Crippen molar-refractivity contribution >= 4 is 27.5 Å². The predicted octanol–water partition coefficient (Wildman–Crippen LogP) is 6.43. The Hall–Kier alpha value is -0.860. The number of benzene rings is 2. The molecule has 106 valence electrons. The summed E-state index contributed by atoms with van der Waals surface area (Å²) < 4.78 is 14.7. The Morgan fingerprint density at radius 2 is 1.70 bits per heavy atom. The van der Waals surface area contributed by atoms with Crippen LogP contribution in [0.25, 0.3) is 0 Å². The predicted molar refractivity (Wildman–Crippen MR) is 86.9 cm³/mol.